The number of hydrogen-bond donors (Lipinski definition) is 0. The predicted molar refractivity (Wildman–Crippen MR) is 47.3 cm³/mol. The Bertz CT molecular complexity index is 373. The first-order valence-electron chi connectivity index (χ1n) is 3.56. The van der Waals surface area contributed by atoms with E-state index < -0.39 is 9.84 Å². The summed E-state index contributed by atoms with van der Waals surface area (Å²) in [6, 6.07) is 0. The van der Waals surface area contributed by atoms with Crippen molar-refractivity contribution in [1.82, 2.24) is 10.1 Å². The summed E-state index contributed by atoms with van der Waals surface area (Å²) in [7, 11) is -3.10. The molecule has 13 heavy (non-hydrogen) atoms. The quantitative estimate of drug-likeness (QED) is 0.692. The van der Waals surface area contributed by atoms with Crippen molar-refractivity contribution in [2.45, 2.75) is 12.2 Å². The summed E-state index contributed by atoms with van der Waals surface area (Å²) in [5.41, 5.74) is 0. The van der Waals surface area contributed by atoms with Crippen LogP contribution in [-0.4, -0.2) is 30.7 Å². The first-order chi connectivity index (χ1) is 6.01. The van der Waals surface area contributed by atoms with Gasteiger partial charge in [0.1, 0.15) is 5.75 Å². The minimum Gasteiger partial charge on any atom is -0.339 e. The predicted octanol–water partition coefficient (Wildman–Crippen LogP) is 0.395. The molecular formula is C6H9ClN2O3S. The largest absolute Gasteiger partial charge is 0.339 e. The van der Waals surface area contributed by atoms with E-state index in [1.807, 2.05) is 0 Å². The van der Waals surface area contributed by atoms with Crippen LogP contribution in [0.15, 0.2) is 4.52 Å². The molecule has 0 bridgehead atoms. The molecule has 0 saturated carbocycles. The van der Waals surface area contributed by atoms with Crippen LogP contribution in [0.25, 0.3) is 0 Å². The third kappa shape index (κ3) is 3.73. The van der Waals surface area contributed by atoms with E-state index in [2.05, 4.69) is 10.1 Å². The van der Waals surface area contributed by atoms with Crippen molar-refractivity contribution < 1.29 is 12.9 Å². The molecule has 5 nitrogen and oxygen atoms in total. The van der Waals surface area contributed by atoms with Crippen LogP contribution in [0.2, 0.25) is 0 Å². The van der Waals surface area contributed by atoms with Gasteiger partial charge < -0.3 is 4.52 Å². The van der Waals surface area contributed by atoms with Gasteiger partial charge in [0, 0.05) is 18.6 Å². The maximum absolute atomic E-state index is 10.8. The van der Waals surface area contributed by atoms with Gasteiger partial charge in [0.25, 0.3) is 0 Å². The number of alkyl halides is 1. The Morgan fingerprint density at radius 3 is 2.77 bits per heavy atom. The van der Waals surface area contributed by atoms with E-state index in [9.17, 15) is 8.42 Å². The average Bonchev–Trinajstić information content (AvgIpc) is 2.33. The zero-order chi connectivity index (χ0) is 9.90. The number of hydrogen-bond acceptors (Lipinski definition) is 5. The van der Waals surface area contributed by atoms with E-state index in [1.165, 1.54) is 0 Å². The number of nitrogens with zero attached hydrogens (tertiary/aromatic N) is 2. The van der Waals surface area contributed by atoms with Crippen LogP contribution in [0.3, 0.4) is 0 Å². The molecule has 0 aliphatic heterocycles. The van der Waals surface area contributed by atoms with Crippen LogP contribution in [0.1, 0.15) is 11.7 Å². The highest BCUT2D eigenvalue weighted by Crippen LogP contribution is 2.02. The van der Waals surface area contributed by atoms with Crippen LogP contribution in [0, 0.1) is 0 Å². The molecule has 0 N–H and O–H groups in total. The molecule has 1 aromatic rings. The second kappa shape index (κ2) is 4.06. The van der Waals surface area contributed by atoms with Gasteiger partial charge >= 0.3 is 0 Å². The smallest absolute Gasteiger partial charge is 0.227 e. The molecule has 1 aromatic heterocycles. The Kier molecular flexibility index (Phi) is 3.27. The minimum absolute atomic E-state index is 0.183. The standard InChI is InChI=1S/C6H9ClN2O3S/c1-13(10,11)4-5-8-6(2-3-7)12-9-5/h2-4H2,1H3. The third-order valence-electron chi connectivity index (χ3n) is 1.21. The SMILES string of the molecule is CS(=O)(=O)Cc1noc(CCCl)n1. The van der Waals surface area contributed by atoms with Crippen molar-refractivity contribution in [2.75, 3.05) is 12.1 Å². The second-order valence-corrected chi connectivity index (χ2v) is 5.13. The monoisotopic (exact) mass is 224 g/mol. The van der Waals surface area contributed by atoms with Gasteiger partial charge in [0.2, 0.25) is 5.89 Å². The molecule has 0 aliphatic rings. The van der Waals surface area contributed by atoms with Crippen molar-refractivity contribution >= 4 is 21.4 Å². The molecule has 0 unspecified atom stereocenters. The number of sulfone groups is 1. The molecule has 0 fully saturated rings. The van der Waals surface area contributed by atoms with Crippen molar-refractivity contribution in [3.05, 3.63) is 11.7 Å². The van der Waals surface area contributed by atoms with Crippen molar-refractivity contribution in [1.29, 1.82) is 0 Å². The Balaban J connectivity index is 2.69. The molecule has 0 aromatic carbocycles. The van der Waals surface area contributed by atoms with Crippen LogP contribution in [0.4, 0.5) is 0 Å². The third-order valence-corrected chi connectivity index (χ3v) is 2.18. The lowest BCUT2D eigenvalue weighted by atomic mass is 10.5. The highest BCUT2D eigenvalue weighted by Gasteiger charge is 2.11. The van der Waals surface area contributed by atoms with Crippen LogP contribution in [-0.2, 0) is 22.0 Å². The van der Waals surface area contributed by atoms with E-state index >= 15 is 0 Å². The summed E-state index contributed by atoms with van der Waals surface area (Å²) in [6.45, 7) is 0. The van der Waals surface area contributed by atoms with E-state index in [4.69, 9.17) is 16.1 Å². The van der Waals surface area contributed by atoms with Crippen LogP contribution in [0.5, 0.6) is 0 Å². The highest BCUT2D eigenvalue weighted by molar-refractivity contribution is 7.89. The van der Waals surface area contributed by atoms with E-state index in [0.717, 1.165) is 6.26 Å². The van der Waals surface area contributed by atoms with Gasteiger partial charge in [-0.1, -0.05) is 5.16 Å². The van der Waals surface area contributed by atoms with Crippen molar-refractivity contribution in [3.63, 3.8) is 0 Å². The zero-order valence-corrected chi connectivity index (χ0v) is 8.60. The van der Waals surface area contributed by atoms with Gasteiger partial charge in [-0.2, -0.15) is 4.98 Å². The summed E-state index contributed by atoms with van der Waals surface area (Å²) in [4.78, 5) is 3.84. The molecule has 0 spiro atoms. The first-order valence-corrected chi connectivity index (χ1v) is 6.16. The summed E-state index contributed by atoms with van der Waals surface area (Å²) in [5.74, 6) is 0.732. The van der Waals surface area contributed by atoms with Crippen LogP contribution < -0.4 is 0 Å². The van der Waals surface area contributed by atoms with Crippen molar-refractivity contribution in [2.24, 2.45) is 0 Å². The molecule has 1 heterocycles. The van der Waals surface area contributed by atoms with Crippen molar-refractivity contribution in [3.8, 4) is 0 Å². The fourth-order valence-electron chi connectivity index (χ4n) is 0.766. The Hall–Kier alpha value is -0.620. The lowest BCUT2D eigenvalue weighted by Crippen LogP contribution is -2.02. The molecule has 0 atom stereocenters. The van der Waals surface area contributed by atoms with Gasteiger partial charge in [-0.15, -0.1) is 11.6 Å². The first kappa shape index (κ1) is 10.5. The lowest BCUT2D eigenvalue weighted by Gasteiger charge is -1.88. The Labute approximate surface area is 81.0 Å². The van der Waals surface area contributed by atoms with Gasteiger partial charge in [0.05, 0.1) is 0 Å². The topological polar surface area (TPSA) is 73.1 Å². The maximum atomic E-state index is 10.8. The molecule has 1 rings (SSSR count). The zero-order valence-electron chi connectivity index (χ0n) is 7.03. The summed E-state index contributed by atoms with van der Waals surface area (Å²) < 4.78 is 26.4. The van der Waals surface area contributed by atoms with Gasteiger partial charge in [-0.05, 0) is 0 Å². The number of aromatic nitrogens is 2. The van der Waals surface area contributed by atoms with Gasteiger partial charge in [0.15, 0.2) is 15.7 Å². The van der Waals surface area contributed by atoms with Gasteiger partial charge in [-0.25, -0.2) is 8.42 Å². The fraction of sp³-hybridized carbons (Fsp3) is 0.667. The van der Waals surface area contributed by atoms with Crippen LogP contribution >= 0.6 is 11.6 Å². The molecule has 7 heteroatoms. The molecular weight excluding hydrogens is 216 g/mol. The molecule has 74 valence electrons. The van der Waals surface area contributed by atoms with E-state index in [1.54, 1.807) is 0 Å². The summed E-state index contributed by atoms with van der Waals surface area (Å²) >= 11 is 5.43. The Morgan fingerprint density at radius 2 is 2.23 bits per heavy atom. The molecule has 0 saturated heterocycles. The second-order valence-electron chi connectivity index (χ2n) is 2.61. The van der Waals surface area contributed by atoms with E-state index in [0.29, 0.717) is 18.2 Å². The normalized spacial score (nSPS) is 11.8. The number of aryl methyl sites for hydroxylation is 1. The average molecular weight is 225 g/mol. The van der Waals surface area contributed by atoms with Gasteiger partial charge in [-0.3, -0.25) is 0 Å². The number of rotatable bonds is 4. The molecule has 0 radical (unpaired) electrons. The Morgan fingerprint density at radius 1 is 1.54 bits per heavy atom. The summed E-state index contributed by atoms with van der Waals surface area (Å²) in [6.07, 6.45) is 1.57. The molecule has 0 aliphatic carbocycles. The minimum atomic E-state index is -3.10. The fourth-order valence-corrected chi connectivity index (χ4v) is 1.51. The highest BCUT2D eigenvalue weighted by atomic mass is 35.5. The summed E-state index contributed by atoms with van der Waals surface area (Å²) in [5, 5.41) is 3.50. The molecule has 0 amide bonds. The number of halogens is 1. The van der Waals surface area contributed by atoms with E-state index in [-0.39, 0.29) is 11.6 Å². The lowest BCUT2D eigenvalue weighted by molar-refractivity contribution is 0.378. The maximum Gasteiger partial charge on any atom is 0.227 e.